The van der Waals surface area contributed by atoms with E-state index in [-0.39, 0.29) is 12.0 Å². The third-order valence-corrected chi connectivity index (χ3v) is 5.77. The fourth-order valence-electron chi connectivity index (χ4n) is 4.23. The van der Waals surface area contributed by atoms with Gasteiger partial charge in [-0.05, 0) is 68.0 Å². The van der Waals surface area contributed by atoms with Crippen molar-refractivity contribution < 1.29 is 14.3 Å². The number of aryl methyl sites for hydroxylation is 2. The van der Waals surface area contributed by atoms with Crippen LogP contribution in [-0.2, 0) is 12.8 Å². The molecule has 1 fully saturated rings. The first kappa shape index (κ1) is 18.9. The van der Waals surface area contributed by atoms with Crippen molar-refractivity contribution in [3.05, 3.63) is 59.2 Å². The maximum atomic E-state index is 13.0. The molecule has 4 rings (SSSR count). The number of likely N-dealkylation sites (tertiary alicyclic amines) is 1. The van der Waals surface area contributed by atoms with Gasteiger partial charge in [-0.25, -0.2) is 0 Å². The molecule has 1 aliphatic carbocycles. The predicted molar refractivity (Wildman–Crippen MR) is 110 cm³/mol. The Morgan fingerprint density at radius 1 is 1.00 bits per heavy atom. The van der Waals surface area contributed by atoms with Crippen molar-refractivity contribution in [3.63, 3.8) is 0 Å². The highest BCUT2D eigenvalue weighted by atomic mass is 16.5. The third kappa shape index (κ3) is 4.16. The molecule has 1 amide bonds. The number of fused-ring (bicyclic) bond motifs is 1. The Bertz CT molecular complexity index is 824. The van der Waals surface area contributed by atoms with E-state index in [1.807, 2.05) is 42.2 Å². The van der Waals surface area contributed by atoms with Crippen LogP contribution in [0.15, 0.2) is 42.5 Å². The summed E-state index contributed by atoms with van der Waals surface area (Å²) in [5.41, 5.74) is 3.62. The molecule has 2 aromatic rings. The Hall–Kier alpha value is -2.49. The molecule has 0 saturated carbocycles. The lowest BCUT2D eigenvalue weighted by Gasteiger charge is -2.32. The highest BCUT2D eigenvalue weighted by molar-refractivity contribution is 5.94. The van der Waals surface area contributed by atoms with Crippen molar-refractivity contribution in [3.8, 4) is 11.5 Å². The van der Waals surface area contributed by atoms with E-state index in [2.05, 4.69) is 12.1 Å². The van der Waals surface area contributed by atoms with Gasteiger partial charge >= 0.3 is 0 Å². The van der Waals surface area contributed by atoms with Gasteiger partial charge in [-0.2, -0.15) is 0 Å². The van der Waals surface area contributed by atoms with E-state index in [4.69, 9.17) is 9.47 Å². The topological polar surface area (TPSA) is 38.8 Å². The fraction of sp³-hybridized carbons (Fsp3) is 0.458. The Labute approximate surface area is 167 Å². The Kier molecular flexibility index (Phi) is 5.84. The summed E-state index contributed by atoms with van der Waals surface area (Å²) in [6.45, 7) is 4.06. The van der Waals surface area contributed by atoms with Gasteiger partial charge in [0.05, 0.1) is 6.61 Å². The van der Waals surface area contributed by atoms with Gasteiger partial charge in [0.15, 0.2) is 11.5 Å². The molecule has 0 radical (unpaired) electrons. The molecule has 1 heterocycles. The highest BCUT2D eigenvalue weighted by Crippen LogP contribution is 2.30. The van der Waals surface area contributed by atoms with Gasteiger partial charge in [-0.15, -0.1) is 0 Å². The van der Waals surface area contributed by atoms with Crippen LogP contribution in [0.5, 0.6) is 11.5 Å². The van der Waals surface area contributed by atoms with Crippen LogP contribution in [0.2, 0.25) is 0 Å². The summed E-state index contributed by atoms with van der Waals surface area (Å²) >= 11 is 0. The van der Waals surface area contributed by atoms with Crippen LogP contribution in [0.1, 0.15) is 54.1 Å². The Morgan fingerprint density at radius 3 is 2.46 bits per heavy atom. The first-order valence-electron chi connectivity index (χ1n) is 10.5. The summed E-state index contributed by atoms with van der Waals surface area (Å²) in [7, 11) is 0. The molecule has 148 valence electrons. The van der Waals surface area contributed by atoms with Crippen LogP contribution in [0.4, 0.5) is 0 Å². The van der Waals surface area contributed by atoms with Gasteiger partial charge in [0, 0.05) is 31.5 Å². The van der Waals surface area contributed by atoms with Crippen LogP contribution < -0.4 is 9.47 Å². The van der Waals surface area contributed by atoms with E-state index in [0.717, 1.165) is 55.8 Å². The number of rotatable bonds is 5. The Balaban J connectivity index is 1.36. The number of carbonyl (C=O) groups excluding carboxylic acids is 1. The van der Waals surface area contributed by atoms with Crippen LogP contribution >= 0.6 is 0 Å². The molecule has 0 atom stereocenters. The summed E-state index contributed by atoms with van der Waals surface area (Å²) in [5.74, 6) is 1.74. The molecule has 4 heteroatoms. The molecular formula is C24H29NO3. The zero-order valence-electron chi connectivity index (χ0n) is 16.7. The number of amides is 1. The van der Waals surface area contributed by atoms with Crippen molar-refractivity contribution in [2.45, 2.75) is 51.6 Å². The summed E-state index contributed by atoms with van der Waals surface area (Å²) in [4.78, 5) is 14.9. The zero-order valence-corrected chi connectivity index (χ0v) is 16.7. The lowest BCUT2D eigenvalue weighted by molar-refractivity contribution is 0.0589. The lowest BCUT2D eigenvalue weighted by Crippen LogP contribution is -2.41. The van der Waals surface area contributed by atoms with Gasteiger partial charge in [-0.3, -0.25) is 4.79 Å². The molecule has 1 saturated heterocycles. The minimum atomic E-state index is 0.120. The van der Waals surface area contributed by atoms with E-state index in [1.165, 1.54) is 24.0 Å². The predicted octanol–water partition coefficient (Wildman–Crippen LogP) is 4.65. The molecule has 4 nitrogen and oxygen atoms in total. The number of nitrogens with zero attached hydrogens (tertiary/aromatic N) is 1. The van der Waals surface area contributed by atoms with E-state index >= 15 is 0 Å². The van der Waals surface area contributed by atoms with Crippen molar-refractivity contribution in [2.24, 2.45) is 0 Å². The third-order valence-electron chi connectivity index (χ3n) is 5.77. The second-order valence-electron chi connectivity index (χ2n) is 7.68. The molecule has 0 aromatic heterocycles. The van der Waals surface area contributed by atoms with Gasteiger partial charge in [0.1, 0.15) is 6.10 Å². The quantitative estimate of drug-likeness (QED) is 0.759. The Morgan fingerprint density at radius 2 is 1.71 bits per heavy atom. The maximum Gasteiger partial charge on any atom is 0.253 e. The summed E-state index contributed by atoms with van der Waals surface area (Å²) in [5, 5.41) is 0. The summed E-state index contributed by atoms with van der Waals surface area (Å²) < 4.78 is 11.8. The molecular weight excluding hydrogens is 350 g/mol. The smallest absolute Gasteiger partial charge is 0.253 e. The molecule has 0 spiro atoms. The standard InChI is InChI=1S/C24H29NO3/c1-2-27-22-9-5-6-10-23(22)28-21-13-15-25(16-14-21)24(26)20-12-11-18-7-3-4-8-19(18)17-20/h5-6,9-12,17,21H,2-4,7-8,13-16H2,1H3. The number of hydrogen-bond acceptors (Lipinski definition) is 3. The van der Waals surface area contributed by atoms with E-state index < -0.39 is 0 Å². The van der Waals surface area contributed by atoms with E-state index in [0.29, 0.717) is 6.61 Å². The second-order valence-corrected chi connectivity index (χ2v) is 7.68. The molecule has 2 aliphatic rings. The fourth-order valence-corrected chi connectivity index (χ4v) is 4.23. The van der Waals surface area contributed by atoms with Gasteiger partial charge in [0.2, 0.25) is 0 Å². The first-order valence-corrected chi connectivity index (χ1v) is 10.5. The SMILES string of the molecule is CCOc1ccccc1OC1CCN(C(=O)c2ccc3c(c2)CCCC3)CC1. The van der Waals surface area contributed by atoms with Crippen molar-refractivity contribution in [1.29, 1.82) is 0 Å². The molecule has 0 bridgehead atoms. The number of carbonyl (C=O) groups is 1. The number of hydrogen-bond donors (Lipinski definition) is 0. The van der Waals surface area contributed by atoms with Crippen molar-refractivity contribution in [2.75, 3.05) is 19.7 Å². The first-order chi connectivity index (χ1) is 13.7. The molecule has 2 aromatic carbocycles. The lowest BCUT2D eigenvalue weighted by atomic mass is 9.90. The van der Waals surface area contributed by atoms with Gasteiger partial charge in [0.25, 0.3) is 5.91 Å². The highest BCUT2D eigenvalue weighted by Gasteiger charge is 2.26. The van der Waals surface area contributed by atoms with Gasteiger partial charge in [-0.1, -0.05) is 18.2 Å². The molecule has 28 heavy (non-hydrogen) atoms. The summed E-state index contributed by atoms with van der Waals surface area (Å²) in [6, 6.07) is 14.1. The number of benzene rings is 2. The van der Waals surface area contributed by atoms with E-state index in [1.54, 1.807) is 0 Å². The van der Waals surface area contributed by atoms with Gasteiger partial charge < -0.3 is 14.4 Å². The minimum Gasteiger partial charge on any atom is -0.490 e. The average molecular weight is 380 g/mol. The number of para-hydroxylation sites is 2. The average Bonchev–Trinajstić information content (AvgIpc) is 2.75. The number of ether oxygens (including phenoxy) is 2. The normalized spacial score (nSPS) is 17.1. The monoisotopic (exact) mass is 379 g/mol. The second kappa shape index (κ2) is 8.68. The number of piperidine rings is 1. The van der Waals surface area contributed by atoms with E-state index in [9.17, 15) is 4.79 Å². The molecule has 0 unspecified atom stereocenters. The van der Waals surface area contributed by atoms with Crippen molar-refractivity contribution in [1.82, 2.24) is 4.90 Å². The molecule has 0 N–H and O–H groups in total. The molecule has 1 aliphatic heterocycles. The maximum absolute atomic E-state index is 13.0. The summed E-state index contributed by atoms with van der Waals surface area (Å²) in [6.07, 6.45) is 6.56. The zero-order chi connectivity index (χ0) is 19.3. The minimum absolute atomic E-state index is 0.120. The van der Waals surface area contributed by atoms with Crippen molar-refractivity contribution >= 4 is 5.91 Å². The van der Waals surface area contributed by atoms with Crippen LogP contribution in [0, 0.1) is 0 Å². The van der Waals surface area contributed by atoms with Crippen LogP contribution in [0.3, 0.4) is 0 Å². The van der Waals surface area contributed by atoms with Crippen LogP contribution in [-0.4, -0.2) is 36.6 Å². The van der Waals surface area contributed by atoms with Crippen LogP contribution in [0.25, 0.3) is 0 Å². The largest absolute Gasteiger partial charge is 0.490 e.